The van der Waals surface area contributed by atoms with Gasteiger partial charge in [-0.3, -0.25) is 0 Å². The Balaban J connectivity index is 2.53. The van der Waals surface area contributed by atoms with Crippen molar-refractivity contribution >= 4 is 29.2 Å². The number of hydrogen-bond donors (Lipinski definition) is 2. The molecule has 8 heteroatoms. The molecule has 104 valence electrons. The third-order valence-electron chi connectivity index (χ3n) is 2.70. The van der Waals surface area contributed by atoms with Crippen LogP contribution in [0.5, 0.6) is 0 Å². The number of halogens is 1. The second-order valence-electron chi connectivity index (χ2n) is 3.97. The van der Waals surface area contributed by atoms with Gasteiger partial charge < -0.3 is 10.9 Å². The zero-order valence-electron chi connectivity index (χ0n) is 10.8. The Labute approximate surface area is 125 Å². The van der Waals surface area contributed by atoms with Crippen molar-refractivity contribution in [1.29, 1.82) is 0 Å². The van der Waals surface area contributed by atoms with E-state index in [2.05, 4.69) is 20.3 Å². The maximum absolute atomic E-state index is 8.91. The summed E-state index contributed by atoms with van der Waals surface area (Å²) in [6.07, 6.45) is 1.63. The van der Waals surface area contributed by atoms with E-state index in [0.717, 1.165) is 5.56 Å². The van der Waals surface area contributed by atoms with Crippen LogP contribution in [-0.4, -0.2) is 26.2 Å². The van der Waals surface area contributed by atoms with Crippen LogP contribution in [0.3, 0.4) is 0 Å². The fourth-order valence-electron chi connectivity index (χ4n) is 1.55. The second-order valence-corrected chi connectivity index (χ2v) is 5.35. The van der Waals surface area contributed by atoms with Crippen molar-refractivity contribution in [3.63, 3.8) is 0 Å². The minimum atomic E-state index is -0.0185. The third kappa shape index (κ3) is 2.83. The van der Waals surface area contributed by atoms with Crippen LogP contribution < -0.4 is 5.73 Å². The first-order chi connectivity index (χ1) is 9.54. The molecule has 2 heterocycles. The Kier molecular flexibility index (Phi) is 4.41. The summed E-state index contributed by atoms with van der Waals surface area (Å²) in [5, 5.41) is 21.7. The van der Waals surface area contributed by atoms with Crippen LogP contribution in [0.25, 0.3) is 0 Å². The molecule has 2 aromatic heterocycles. The van der Waals surface area contributed by atoms with E-state index in [9.17, 15) is 0 Å². The van der Waals surface area contributed by atoms with E-state index in [1.165, 1.54) is 11.8 Å². The molecule has 0 saturated heterocycles. The van der Waals surface area contributed by atoms with Gasteiger partial charge in [0.2, 0.25) is 0 Å². The lowest BCUT2D eigenvalue weighted by atomic mass is 10.1. The molecule has 0 fully saturated rings. The summed E-state index contributed by atoms with van der Waals surface area (Å²) in [5.74, 6) is -0.0185. The zero-order valence-corrected chi connectivity index (χ0v) is 12.4. The fourth-order valence-corrected chi connectivity index (χ4v) is 2.69. The van der Waals surface area contributed by atoms with Crippen molar-refractivity contribution in [2.75, 3.05) is 0 Å². The highest BCUT2D eigenvalue weighted by atomic mass is 35.5. The van der Waals surface area contributed by atoms with E-state index in [1.54, 1.807) is 25.3 Å². The minimum Gasteiger partial charge on any atom is -0.409 e. The summed E-state index contributed by atoms with van der Waals surface area (Å²) in [6, 6.07) is 3.47. The van der Waals surface area contributed by atoms with Gasteiger partial charge in [-0.15, -0.1) is 5.10 Å². The van der Waals surface area contributed by atoms with Gasteiger partial charge in [0.15, 0.2) is 5.84 Å². The SMILES string of the molecule is Cc1nnc(Sc2ncccc2Cl)c(C(N)=NO)c1C. The lowest BCUT2D eigenvalue weighted by Gasteiger charge is -2.11. The molecule has 20 heavy (non-hydrogen) atoms. The molecule has 0 unspecified atom stereocenters. The van der Waals surface area contributed by atoms with Gasteiger partial charge >= 0.3 is 0 Å². The molecule has 0 spiro atoms. The van der Waals surface area contributed by atoms with Crippen LogP contribution in [0.1, 0.15) is 16.8 Å². The van der Waals surface area contributed by atoms with Crippen molar-refractivity contribution in [1.82, 2.24) is 15.2 Å². The highest BCUT2D eigenvalue weighted by Crippen LogP contribution is 2.33. The van der Waals surface area contributed by atoms with Crippen LogP contribution in [-0.2, 0) is 0 Å². The van der Waals surface area contributed by atoms with Crippen LogP contribution in [0.4, 0.5) is 0 Å². The van der Waals surface area contributed by atoms with E-state index >= 15 is 0 Å². The summed E-state index contributed by atoms with van der Waals surface area (Å²) in [6.45, 7) is 3.64. The van der Waals surface area contributed by atoms with Gasteiger partial charge in [0.25, 0.3) is 0 Å². The Morgan fingerprint density at radius 3 is 2.75 bits per heavy atom. The summed E-state index contributed by atoms with van der Waals surface area (Å²) in [5.41, 5.74) is 7.76. The first-order valence-corrected chi connectivity index (χ1v) is 6.84. The van der Waals surface area contributed by atoms with Crippen LogP contribution in [0.15, 0.2) is 33.5 Å². The van der Waals surface area contributed by atoms with E-state index < -0.39 is 0 Å². The average Bonchev–Trinajstić information content (AvgIpc) is 2.45. The monoisotopic (exact) mass is 309 g/mol. The van der Waals surface area contributed by atoms with Gasteiger partial charge in [-0.2, -0.15) is 5.10 Å². The largest absolute Gasteiger partial charge is 0.409 e. The average molecular weight is 310 g/mol. The Hall–Kier alpha value is -1.86. The molecule has 0 atom stereocenters. The van der Waals surface area contributed by atoms with E-state index in [0.29, 0.717) is 26.3 Å². The molecule has 0 amide bonds. The van der Waals surface area contributed by atoms with Gasteiger partial charge in [0.1, 0.15) is 10.1 Å². The van der Waals surface area contributed by atoms with E-state index in [-0.39, 0.29) is 5.84 Å². The van der Waals surface area contributed by atoms with Gasteiger partial charge in [-0.05, 0) is 43.3 Å². The fraction of sp³-hybridized carbons (Fsp3) is 0.167. The quantitative estimate of drug-likeness (QED) is 0.391. The summed E-state index contributed by atoms with van der Waals surface area (Å²) in [4.78, 5) is 4.17. The first-order valence-electron chi connectivity index (χ1n) is 5.64. The van der Waals surface area contributed by atoms with Crippen molar-refractivity contribution < 1.29 is 5.21 Å². The number of hydrogen-bond acceptors (Lipinski definition) is 6. The molecule has 0 saturated carbocycles. The second kappa shape index (κ2) is 6.06. The lowest BCUT2D eigenvalue weighted by Crippen LogP contribution is -2.18. The van der Waals surface area contributed by atoms with Crippen LogP contribution in [0, 0.1) is 13.8 Å². The molecule has 0 aliphatic heterocycles. The van der Waals surface area contributed by atoms with Crippen molar-refractivity contribution in [3.8, 4) is 0 Å². The normalized spacial score (nSPS) is 11.7. The molecule has 0 radical (unpaired) electrons. The smallest absolute Gasteiger partial charge is 0.173 e. The first kappa shape index (κ1) is 14.5. The number of pyridine rings is 1. The predicted octanol–water partition coefficient (Wildman–Crippen LogP) is 2.39. The van der Waals surface area contributed by atoms with Gasteiger partial charge in [-0.1, -0.05) is 16.8 Å². The van der Waals surface area contributed by atoms with Crippen LogP contribution >= 0.6 is 23.4 Å². The maximum Gasteiger partial charge on any atom is 0.173 e. The lowest BCUT2D eigenvalue weighted by molar-refractivity contribution is 0.318. The molecule has 3 N–H and O–H groups in total. The van der Waals surface area contributed by atoms with Crippen LogP contribution in [0.2, 0.25) is 5.02 Å². The van der Waals surface area contributed by atoms with E-state index in [4.69, 9.17) is 22.5 Å². The Morgan fingerprint density at radius 2 is 2.10 bits per heavy atom. The number of rotatable bonds is 3. The number of oxime groups is 1. The van der Waals surface area contributed by atoms with Gasteiger partial charge in [0.05, 0.1) is 16.3 Å². The highest BCUT2D eigenvalue weighted by molar-refractivity contribution is 7.99. The zero-order chi connectivity index (χ0) is 14.7. The Bertz CT molecular complexity index is 677. The summed E-state index contributed by atoms with van der Waals surface area (Å²) >= 11 is 7.29. The van der Waals surface area contributed by atoms with Gasteiger partial charge in [0, 0.05) is 6.20 Å². The van der Waals surface area contributed by atoms with E-state index in [1.807, 2.05) is 6.92 Å². The molecule has 0 aromatic carbocycles. The number of aryl methyl sites for hydroxylation is 1. The summed E-state index contributed by atoms with van der Waals surface area (Å²) < 4.78 is 0. The standard InChI is InChI=1S/C12H12ClN5OS/c1-6-7(2)16-17-12(9(6)10(14)18-19)20-11-8(13)4-3-5-15-11/h3-5,19H,1-2H3,(H2,14,18). The third-order valence-corrected chi connectivity index (χ3v) is 4.12. The van der Waals surface area contributed by atoms with Gasteiger partial charge in [-0.25, -0.2) is 4.98 Å². The number of aromatic nitrogens is 3. The number of nitrogens with two attached hydrogens (primary N) is 1. The topological polar surface area (TPSA) is 97.3 Å². The molecular weight excluding hydrogens is 298 g/mol. The number of nitrogens with zero attached hydrogens (tertiary/aromatic N) is 4. The van der Waals surface area contributed by atoms with Crippen molar-refractivity contribution in [2.45, 2.75) is 23.9 Å². The highest BCUT2D eigenvalue weighted by Gasteiger charge is 2.17. The number of amidine groups is 1. The van der Waals surface area contributed by atoms with Crippen molar-refractivity contribution in [3.05, 3.63) is 40.2 Å². The molecule has 2 aromatic rings. The minimum absolute atomic E-state index is 0.0185. The Morgan fingerprint density at radius 1 is 1.35 bits per heavy atom. The molecule has 0 aliphatic rings. The molecule has 0 bridgehead atoms. The molecule has 2 rings (SSSR count). The molecule has 6 nitrogen and oxygen atoms in total. The maximum atomic E-state index is 8.91. The predicted molar refractivity (Wildman–Crippen MR) is 77.4 cm³/mol. The summed E-state index contributed by atoms with van der Waals surface area (Å²) in [7, 11) is 0. The molecular formula is C12H12ClN5OS. The molecule has 0 aliphatic carbocycles. The van der Waals surface area contributed by atoms with Crippen molar-refractivity contribution in [2.24, 2.45) is 10.9 Å².